The predicted octanol–water partition coefficient (Wildman–Crippen LogP) is 3.43. The first-order chi connectivity index (χ1) is 9.56. The van der Waals surface area contributed by atoms with Crippen molar-refractivity contribution in [3.8, 4) is 0 Å². The smallest absolute Gasteiger partial charge is 0.292 e. The average Bonchev–Trinajstić information content (AvgIpc) is 2.41. The molecule has 102 valence electrons. The SMILES string of the molecule is O=C(Cc1ccc(Cl)cc1)Nc1ccccc1[N+](=O)[O-]. The third-order valence-electron chi connectivity index (χ3n) is 2.65. The summed E-state index contributed by atoms with van der Waals surface area (Å²) in [5, 5.41) is 14.0. The first kappa shape index (κ1) is 14.0. The largest absolute Gasteiger partial charge is 0.320 e. The number of carbonyl (C=O) groups excluding carboxylic acids is 1. The summed E-state index contributed by atoms with van der Waals surface area (Å²) < 4.78 is 0. The molecule has 0 radical (unpaired) electrons. The van der Waals surface area contributed by atoms with E-state index in [9.17, 15) is 14.9 Å². The molecule has 2 aromatic carbocycles. The number of nitro groups is 1. The Morgan fingerprint density at radius 1 is 1.15 bits per heavy atom. The van der Waals surface area contributed by atoms with Crippen molar-refractivity contribution in [2.45, 2.75) is 6.42 Å². The number of hydrogen-bond donors (Lipinski definition) is 1. The third-order valence-corrected chi connectivity index (χ3v) is 2.90. The fraction of sp³-hybridized carbons (Fsp3) is 0.0714. The van der Waals surface area contributed by atoms with Gasteiger partial charge >= 0.3 is 0 Å². The van der Waals surface area contributed by atoms with Gasteiger partial charge in [-0.2, -0.15) is 0 Å². The van der Waals surface area contributed by atoms with E-state index in [4.69, 9.17) is 11.6 Å². The van der Waals surface area contributed by atoms with E-state index in [0.29, 0.717) is 5.02 Å². The van der Waals surface area contributed by atoms with E-state index in [1.807, 2.05) is 0 Å². The lowest BCUT2D eigenvalue weighted by atomic mass is 10.1. The molecule has 6 heteroatoms. The highest BCUT2D eigenvalue weighted by Crippen LogP contribution is 2.23. The summed E-state index contributed by atoms with van der Waals surface area (Å²) in [6.45, 7) is 0. The Balaban J connectivity index is 2.08. The lowest BCUT2D eigenvalue weighted by Gasteiger charge is -2.06. The highest BCUT2D eigenvalue weighted by molar-refractivity contribution is 6.30. The monoisotopic (exact) mass is 290 g/mol. The van der Waals surface area contributed by atoms with Gasteiger partial charge in [0.1, 0.15) is 5.69 Å². The average molecular weight is 291 g/mol. The number of rotatable bonds is 4. The molecular weight excluding hydrogens is 280 g/mol. The molecule has 0 aliphatic carbocycles. The highest BCUT2D eigenvalue weighted by Gasteiger charge is 2.14. The van der Waals surface area contributed by atoms with E-state index in [1.165, 1.54) is 12.1 Å². The number of nitrogens with one attached hydrogen (secondary N) is 1. The van der Waals surface area contributed by atoms with Gasteiger partial charge in [-0.25, -0.2) is 0 Å². The number of hydrogen-bond acceptors (Lipinski definition) is 3. The third kappa shape index (κ3) is 3.55. The van der Waals surface area contributed by atoms with Gasteiger partial charge in [-0.1, -0.05) is 35.9 Å². The molecule has 2 rings (SSSR count). The Labute approximate surface area is 120 Å². The summed E-state index contributed by atoms with van der Waals surface area (Å²) in [6.07, 6.45) is 0.128. The molecule has 20 heavy (non-hydrogen) atoms. The van der Waals surface area contributed by atoms with Gasteiger partial charge in [-0.15, -0.1) is 0 Å². The zero-order valence-corrected chi connectivity index (χ0v) is 11.1. The van der Waals surface area contributed by atoms with Gasteiger partial charge in [0.05, 0.1) is 11.3 Å². The van der Waals surface area contributed by atoms with Crippen molar-refractivity contribution >= 4 is 28.9 Å². The van der Waals surface area contributed by atoms with Crippen molar-refractivity contribution in [3.63, 3.8) is 0 Å². The number of anilines is 1. The van der Waals surface area contributed by atoms with E-state index in [2.05, 4.69) is 5.32 Å². The van der Waals surface area contributed by atoms with Crippen LogP contribution in [-0.4, -0.2) is 10.8 Å². The Morgan fingerprint density at radius 2 is 1.80 bits per heavy atom. The molecule has 0 unspecified atom stereocenters. The molecule has 0 atom stereocenters. The maximum Gasteiger partial charge on any atom is 0.292 e. The lowest BCUT2D eigenvalue weighted by molar-refractivity contribution is -0.383. The van der Waals surface area contributed by atoms with Crippen LogP contribution >= 0.6 is 11.6 Å². The van der Waals surface area contributed by atoms with Crippen LogP contribution in [0.1, 0.15) is 5.56 Å². The van der Waals surface area contributed by atoms with Gasteiger partial charge in [0.2, 0.25) is 5.91 Å². The van der Waals surface area contributed by atoms with Gasteiger partial charge in [0.25, 0.3) is 5.69 Å². The fourth-order valence-corrected chi connectivity index (χ4v) is 1.85. The van der Waals surface area contributed by atoms with Crippen LogP contribution in [0.4, 0.5) is 11.4 Å². The maximum absolute atomic E-state index is 11.9. The Morgan fingerprint density at radius 3 is 2.45 bits per heavy atom. The topological polar surface area (TPSA) is 72.2 Å². The predicted molar refractivity (Wildman–Crippen MR) is 76.9 cm³/mol. The lowest BCUT2D eigenvalue weighted by Crippen LogP contribution is -2.15. The van der Waals surface area contributed by atoms with E-state index in [-0.39, 0.29) is 23.7 Å². The molecule has 0 spiro atoms. The van der Waals surface area contributed by atoms with E-state index in [1.54, 1.807) is 36.4 Å². The summed E-state index contributed by atoms with van der Waals surface area (Å²) in [5.74, 6) is -0.318. The van der Waals surface area contributed by atoms with Crippen LogP contribution in [0.5, 0.6) is 0 Å². The second-order valence-electron chi connectivity index (χ2n) is 4.13. The van der Waals surface area contributed by atoms with E-state index < -0.39 is 4.92 Å². The van der Waals surface area contributed by atoms with Crippen molar-refractivity contribution in [1.82, 2.24) is 0 Å². The molecule has 0 saturated heterocycles. The summed E-state index contributed by atoms with van der Waals surface area (Å²) in [7, 11) is 0. The Bertz CT molecular complexity index is 641. The number of para-hydroxylation sites is 2. The number of nitro benzene ring substituents is 1. The number of amides is 1. The molecule has 0 fully saturated rings. The van der Waals surface area contributed by atoms with Crippen LogP contribution in [0, 0.1) is 10.1 Å². The quantitative estimate of drug-likeness (QED) is 0.692. The number of carbonyl (C=O) groups is 1. The second kappa shape index (κ2) is 6.16. The van der Waals surface area contributed by atoms with Gasteiger partial charge in [-0.3, -0.25) is 14.9 Å². The first-order valence-corrected chi connectivity index (χ1v) is 6.22. The van der Waals surface area contributed by atoms with Crippen LogP contribution < -0.4 is 5.32 Å². The zero-order chi connectivity index (χ0) is 14.5. The minimum atomic E-state index is -0.530. The molecule has 0 bridgehead atoms. The Hall–Kier alpha value is -2.40. The minimum absolute atomic E-state index is 0.128. The van der Waals surface area contributed by atoms with Crippen LogP contribution in [0.15, 0.2) is 48.5 Å². The summed E-state index contributed by atoms with van der Waals surface area (Å²) >= 11 is 5.76. The standard InChI is InChI=1S/C14H11ClN2O3/c15-11-7-5-10(6-8-11)9-14(18)16-12-3-1-2-4-13(12)17(19)20/h1-8H,9H2,(H,16,18). The van der Waals surface area contributed by atoms with Gasteiger partial charge < -0.3 is 5.32 Å². The minimum Gasteiger partial charge on any atom is -0.320 e. The molecule has 2 aromatic rings. The van der Waals surface area contributed by atoms with Crippen molar-refractivity contribution < 1.29 is 9.72 Å². The summed E-state index contributed by atoms with van der Waals surface area (Å²) in [4.78, 5) is 22.2. The van der Waals surface area contributed by atoms with Crippen LogP contribution in [-0.2, 0) is 11.2 Å². The number of nitrogens with zero attached hydrogens (tertiary/aromatic N) is 1. The van der Waals surface area contributed by atoms with Crippen LogP contribution in [0.3, 0.4) is 0 Å². The van der Waals surface area contributed by atoms with Crippen molar-refractivity contribution in [3.05, 3.63) is 69.2 Å². The molecule has 1 N–H and O–H groups in total. The van der Waals surface area contributed by atoms with Gasteiger partial charge in [0, 0.05) is 11.1 Å². The summed E-state index contributed by atoms with van der Waals surface area (Å²) in [5.41, 5.74) is 0.846. The normalized spacial score (nSPS) is 10.1. The zero-order valence-electron chi connectivity index (χ0n) is 10.4. The summed E-state index contributed by atoms with van der Waals surface area (Å²) in [6, 6.07) is 12.9. The molecular formula is C14H11ClN2O3. The molecule has 0 aliphatic rings. The molecule has 0 aliphatic heterocycles. The van der Waals surface area contributed by atoms with Crippen molar-refractivity contribution in [2.24, 2.45) is 0 Å². The van der Waals surface area contributed by atoms with Crippen LogP contribution in [0.25, 0.3) is 0 Å². The number of halogens is 1. The first-order valence-electron chi connectivity index (χ1n) is 5.84. The Kier molecular flexibility index (Phi) is 4.32. The van der Waals surface area contributed by atoms with Gasteiger partial charge in [0.15, 0.2) is 0 Å². The molecule has 5 nitrogen and oxygen atoms in total. The maximum atomic E-state index is 11.9. The fourth-order valence-electron chi connectivity index (χ4n) is 1.72. The van der Waals surface area contributed by atoms with E-state index >= 15 is 0 Å². The van der Waals surface area contributed by atoms with Gasteiger partial charge in [-0.05, 0) is 23.8 Å². The molecule has 0 saturated carbocycles. The van der Waals surface area contributed by atoms with Crippen molar-refractivity contribution in [2.75, 3.05) is 5.32 Å². The molecule has 0 heterocycles. The number of benzene rings is 2. The van der Waals surface area contributed by atoms with Crippen LogP contribution in [0.2, 0.25) is 5.02 Å². The molecule has 0 aromatic heterocycles. The highest BCUT2D eigenvalue weighted by atomic mass is 35.5. The molecule has 1 amide bonds. The van der Waals surface area contributed by atoms with E-state index in [0.717, 1.165) is 5.56 Å². The van der Waals surface area contributed by atoms with Crippen molar-refractivity contribution in [1.29, 1.82) is 0 Å². The second-order valence-corrected chi connectivity index (χ2v) is 4.56.